The number of nitrogens with one attached hydrogen (secondary N) is 1. The Morgan fingerprint density at radius 1 is 1.29 bits per heavy atom. The quantitative estimate of drug-likeness (QED) is 0.636. The van der Waals surface area contributed by atoms with Gasteiger partial charge in [-0.3, -0.25) is 4.79 Å². The molecular weight excluding hydrogens is 333 g/mol. The molecule has 1 fully saturated rings. The van der Waals surface area contributed by atoms with Gasteiger partial charge in [0.1, 0.15) is 11.6 Å². The number of carbonyl (C=O) groups is 1. The van der Waals surface area contributed by atoms with Crippen molar-refractivity contribution >= 4 is 21.9 Å². The van der Waals surface area contributed by atoms with E-state index in [1.807, 2.05) is 0 Å². The molecule has 1 aromatic heterocycles. The summed E-state index contributed by atoms with van der Waals surface area (Å²) in [6.45, 7) is 0.581. The van der Waals surface area contributed by atoms with Crippen molar-refractivity contribution in [2.45, 2.75) is 18.0 Å². The number of aromatic nitrogens is 2. The van der Waals surface area contributed by atoms with Crippen molar-refractivity contribution in [1.82, 2.24) is 9.97 Å². The minimum atomic E-state index is -3.72. The van der Waals surface area contributed by atoms with Crippen molar-refractivity contribution < 1.29 is 17.6 Å². The normalized spacial score (nSPS) is 14.4. The highest BCUT2D eigenvalue weighted by Gasteiger charge is 2.25. The fraction of sp³-hybridized carbons (Fsp3) is 0.312. The second-order valence-corrected chi connectivity index (χ2v) is 7.72. The maximum atomic E-state index is 14.1. The average molecular weight is 349 g/mol. The van der Waals surface area contributed by atoms with E-state index in [2.05, 4.69) is 15.3 Å². The first-order valence-corrected chi connectivity index (χ1v) is 9.35. The molecule has 1 N–H and O–H groups in total. The molecule has 0 aliphatic heterocycles. The molecule has 0 radical (unpaired) electrons. The van der Waals surface area contributed by atoms with Gasteiger partial charge in [-0.2, -0.15) is 0 Å². The Bertz CT molecular complexity index is 895. The van der Waals surface area contributed by atoms with Crippen LogP contribution in [0.1, 0.15) is 23.2 Å². The van der Waals surface area contributed by atoms with Crippen LogP contribution in [0, 0.1) is 11.7 Å². The minimum absolute atomic E-state index is 0.0307. The number of sulfone groups is 1. The number of nitrogens with zero attached hydrogens (tertiary/aromatic N) is 2. The van der Waals surface area contributed by atoms with Gasteiger partial charge in [0.15, 0.2) is 6.29 Å². The molecule has 0 amide bonds. The summed E-state index contributed by atoms with van der Waals surface area (Å²) in [5.41, 5.74) is 0.0753. The number of rotatable bonds is 6. The largest absolute Gasteiger partial charge is 0.369 e. The SMILES string of the molecule is CS(=O)(=O)c1nc(NCC2CC2)c(C=O)c(-c2ccccc2F)n1. The molecule has 1 heterocycles. The second kappa shape index (κ2) is 6.27. The lowest BCUT2D eigenvalue weighted by Crippen LogP contribution is -2.14. The number of hydrogen-bond donors (Lipinski definition) is 1. The van der Waals surface area contributed by atoms with Gasteiger partial charge >= 0.3 is 0 Å². The predicted octanol–water partition coefficient (Wildman–Crippen LogP) is 2.32. The topological polar surface area (TPSA) is 89.0 Å². The van der Waals surface area contributed by atoms with Gasteiger partial charge in [-0.1, -0.05) is 12.1 Å². The molecule has 1 aromatic carbocycles. The molecule has 0 atom stereocenters. The predicted molar refractivity (Wildman–Crippen MR) is 87.1 cm³/mol. The summed E-state index contributed by atoms with van der Waals surface area (Å²) in [4.78, 5) is 19.5. The summed E-state index contributed by atoms with van der Waals surface area (Å²) < 4.78 is 37.9. The van der Waals surface area contributed by atoms with Crippen molar-refractivity contribution in [1.29, 1.82) is 0 Å². The second-order valence-electron chi connectivity index (χ2n) is 5.81. The average Bonchev–Trinajstić information content (AvgIpc) is 3.36. The summed E-state index contributed by atoms with van der Waals surface area (Å²) in [7, 11) is -3.72. The molecule has 3 rings (SSSR count). The molecule has 0 unspecified atom stereocenters. The Balaban J connectivity index is 2.19. The molecule has 1 aliphatic rings. The minimum Gasteiger partial charge on any atom is -0.369 e. The van der Waals surface area contributed by atoms with Crippen molar-refractivity contribution in [2.24, 2.45) is 5.92 Å². The van der Waals surface area contributed by atoms with Crippen molar-refractivity contribution in [3.63, 3.8) is 0 Å². The van der Waals surface area contributed by atoms with E-state index in [4.69, 9.17) is 0 Å². The van der Waals surface area contributed by atoms with Crippen LogP contribution in [-0.2, 0) is 9.84 Å². The third kappa shape index (κ3) is 3.43. The van der Waals surface area contributed by atoms with Crippen molar-refractivity contribution in [3.8, 4) is 11.3 Å². The van der Waals surface area contributed by atoms with Crippen LogP contribution in [0.3, 0.4) is 0 Å². The fourth-order valence-corrected chi connectivity index (χ4v) is 2.80. The first-order chi connectivity index (χ1) is 11.4. The van der Waals surface area contributed by atoms with E-state index in [0.29, 0.717) is 18.7 Å². The molecule has 8 heteroatoms. The number of anilines is 1. The number of hydrogen-bond acceptors (Lipinski definition) is 6. The molecule has 6 nitrogen and oxygen atoms in total. The van der Waals surface area contributed by atoms with E-state index in [1.54, 1.807) is 6.07 Å². The molecule has 0 saturated heterocycles. The maximum Gasteiger partial charge on any atom is 0.249 e. The Morgan fingerprint density at radius 2 is 2.00 bits per heavy atom. The zero-order chi connectivity index (χ0) is 17.3. The third-order valence-corrected chi connectivity index (χ3v) is 4.60. The lowest BCUT2D eigenvalue weighted by atomic mass is 10.1. The summed E-state index contributed by atoms with van der Waals surface area (Å²) in [6, 6.07) is 5.77. The fourth-order valence-electron chi connectivity index (χ4n) is 2.28. The van der Waals surface area contributed by atoms with Crippen LogP contribution in [0.5, 0.6) is 0 Å². The van der Waals surface area contributed by atoms with E-state index in [1.165, 1.54) is 18.2 Å². The maximum absolute atomic E-state index is 14.1. The van der Waals surface area contributed by atoms with Crippen LogP contribution >= 0.6 is 0 Å². The highest BCUT2D eigenvalue weighted by molar-refractivity contribution is 7.90. The molecule has 1 saturated carbocycles. The Kier molecular flexibility index (Phi) is 4.31. The van der Waals surface area contributed by atoms with Gasteiger partial charge in [0.25, 0.3) is 0 Å². The summed E-state index contributed by atoms with van der Waals surface area (Å²) >= 11 is 0. The van der Waals surface area contributed by atoms with Gasteiger partial charge in [0.05, 0.1) is 11.3 Å². The first kappa shape index (κ1) is 16.5. The molecule has 126 valence electrons. The lowest BCUT2D eigenvalue weighted by molar-refractivity contribution is 0.112. The highest BCUT2D eigenvalue weighted by Crippen LogP contribution is 2.31. The number of halogens is 1. The Hall–Kier alpha value is -2.35. The van der Waals surface area contributed by atoms with Crippen LogP contribution < -0.4 is 5.32 Å². The van der Waals surface area contributed by atoms with E-state index in [9.17, 15) is 17.6 Å². The summed E-state index contributed by atoms with van der Waals surface area (Å²) in [5.74, 6) is 0.00975. The lowest BCUT2D eigenvalue weighted by Gasteiger charge is -2.13. The molecule has 24 heavy (non-hydrogen) atoms. The monoisotopic (exact) mass is 349 g/mol. The Labute approximate surface area is 139 Å². The molecule has 0 spiro atoms. The van der Waals surface area contributed by atoms with E-state index >= 15 is 0 Å². The highest BCUT2D eigenvalue weighted by atomic mass is 32.2. The van der Waals surface area contributed by atoms with Crippen molar-refractivity contribution in [2.75, 3.05) is 18.1 Å². The molecule has 1 aliphatic carbocycles. The number of benzene rings is 1. The van der Waals surface area contributed by atoms with E-state index < -0.39 is 20.8 Å². The molecule has 0 bridgehead atoms. The van der Waals surface area contributed by atoms with Crippen LogP contribution in [0.2, 0.25) is 0 Å². The van der Waals surface area contributed by atoms with Crippen molar-refractivity contribution in [3.05, 3.63) is 35.6 Å². The third-order valence-electron chi connectivity index (χ3n) is 3.76. The smallest absolute Gasteiger partial charge is 0.249 e. The van der Waals surface area contributed by atoms with Gasteiger partial charge < -0.3 is 5.32 Å². The van der Waals surface area contributed by atoms with E-state index in [-0.39, 0.29) is 22.6 Å². The van der Waals surface area contributed by atoms with Crippen LogP contribution in [-0.4, -0.2) is 37.5 Å². The standard InChI is InChI=1S/C16H16FN3O3S/c1-24(22,23)16-19-14(11-4-2-3-5-13(11)17)12(9-21)15(20-16)18-8-10-6-7-10/h2-5,9-10H,6-8H2,1H3,(H,18,19,20). The first-order valence-electron chi connectivity index (χ1n) is 7.46. The van der Waals surface area contributed by atoms with Gasteiger partial charge in [0, 0.05) is 18.4 Å². The summed E-state index contributed by atoms with van der Waals surface area (Å²) in [6.07, 6.45) is 3.64. The van der Waals surface area contributed by atoms with E-state index in [0.717, 1.165) is 19.1 Å². The van der Waals surface area contributed by atoms with Crippen LogP contribution in [0.25, 0.3) is 11.3 Å². The van der Waals surface area contributed by atoms with Gasteiger partial charge in [-0.25, -0.2) is 22.8 Å². The summed E-state index contributed by atoms with van der Waals surface area (Å²) in [5, 5.41) is 2.56. The zero-order valence-corrected chi connectivity index (χ0v) is 13.8. The van der Waals surface area contributed by atoms with Gasteiger partial charge in [-0.15, -0.1) is 0 Å². The number of aldehydes is 1. The zero-order valence-electron chi connectivity index (χ0n) is 13.0. The van der Waals surface area contributed by atoms with Crippen LogP contribution in [0.4, 0.5) is 10.2 Å². The van der Waals surface area contributed by atoms with Gasteiger partial charge in [-0.05, 0) is 30.9 Å². The number of carbonyl (C=O) groups excluding carboxylic acids is 1. The molecule has 2 aromatic rings. The Morgan fingerprint density at radius 3 is 2.58 bits per heavy atom. The van der Waals surface area contributed by atoms with Gasteiger partial charge in [0.2, 0.25) is 15.0 Å². The van der Waals surface area contributed by atoms with Crippen LogP contribution in [0.15, 0.2) is 29.4 Å². The molecular formula is C16H16FN3O3S.